The third-order valence-corrected chi connectivity index (χ3v) is 2.60. The third kappa shape index (κ3) is 1.82. The molecule has 1 heterocycles. The van der Waals surface area contributed by atoms with E-state index in [0.29, 0.717) is 9.26 Å². The van der Waals surface area contributed by atoms with Crippen LogP contribution in [0.15, 0.2) is 10.9 Å². The van der Waals surface area contributed by atoms with Crippen LogP contribution in [-0.4, -0.2) is 4.98 Å². The first-order valence-corrected chi connectivity index (χ1v) is 4.27. The molecule has 5 heteroatoms. The molecule has 1 rings (SSSR count). The van der Waals surface area contributed by atoms with Crippen LogP contribution in [0.3, 0.4) is 0 Å². The van der Waals surface area contributed by atoms with Gasteiger partial charge in [0.2, 0.25) is 5.56 Å². The predicted octanol–water partition coefficient (Wildman–Crippen LogP) is 2.23. The van der Waals surface area contributed by atoms with Crippen molar-refractivity contribution in [1.29, 1.82) is 0 Å². The monoisotopic (exact) mass is 285 g/mol. The van der Waals surface area contributed by atoms with Crippen molar-refractivity contribution in [1.82, 2.24) is 4.98 Å². The molecular formula is C7H6F2INO. The first kappa shape index (κ1) is 9.63. The van der Waals surface area contributed by atoms with Crippen molar-refractivity contribution in [3.63, 3.8) is 0 Å². The van der Waals surface area contributed by atoms with E-state index < -0.39 is 12.0 Å². The summed E-state index contributed by atoms with van der Waals surface area (Å²) in [7, 11) is 0. The Morgan fingerprint density at radius 3 is 2.67 bits per heavy atom. The molecule has 0 saturated heterocycles. The Morgan fingerprint density at radius 1 is 1.58 bits per heavy atom. The Bertz CT molecular complexity index is 348. The number of H-pyrrole nitrogens is 1. The lowest BCUT2D eigenvalue weighted by Gasteiger charge is -2.04. The highest BCUT2D eigenvalue weighted by Gasteiger charge is 2.13. The van der Waals surface area contributed by atoms with E-state index in [2.05, 4.69) is 4.98 Å². The van der Waals surface area contributed by atoms with Crippen molar-refractivity contribution in [2.45, 2.75) is 13.3 Å². The topological polar surface area (TPSA) is 32.9 Å². The van der Waals surface area contributed by atoms with Gasteiger partial charge in [0, 0.05) is 11.6 Å². The summed E-state index contributed by atoms with van der Waals surface area (Å²) in [5.74, 6) is 0. The van der Waals surface area contributed by atoms with Crippen LogP contribution in [0.2, 0.25) is 0 Å². The summed E-state index contributed by atoms with van der Waals surface area (Å²) in [6.07, 6.45) is -2.58. The molecule has 0 amide bonds. The van der Waals surface area contributed by atoms with Crippen molar-refractivity contribution in [2.24, 2.45) is 0 Å². The van der Waals surface area contributed by atoms with E-state index in [0.717, 1.165) is 6.07 Å². The molecule has 0 saturated carbocycles. The number of aromatic nitrogens is 1. The SMILES string of the molecule is Cc1c(C(F)F)cc(=O)[nH]c1I. The quantitative estimate of drug-likeness (QED) is 0.623. The Balaban J connectivity index is 3.38. The first-order chi connectivity index (χ1) is 5.52. The second-order valence-electron chi connectivity index (χ2n) is 2.33. The lowest BCUT2D eigenvalue weighted by atomic mass is 10.2. The number of hydrogen-bond donors (Lipinski definition) is 1. The lowest BCUT2D eigenvalue weighted by Crippen LogP contribution is -2.10. The van der Waals surface area contributed by atoms with Crippen LogP contribution in [0.1, 0.15) is 17.6 Å². The molecule has 0 aliphatic rings. The molecule has 1 aromatic rings. The zero-order valence-electron chi connectivity index (χ0n) is 6.20. The minimum Gasteiger partial charge on any atom is -0.317 e. The Labute approximate surface area is 81.1 Å². The highest BCUT2D eigenvalue weighted by atomic mass is 127. The van der Waals surface area contributed by atoms with E-state index in [1.54, 1.807) is 6.92 Å². The van der Waals surface area contributed by atoms with Gasteiger partial charge in [-0.1, -0.05) is 0 Å². The fourth-order valence-corrected chi connectivity index (χ4v) is 1.42. The Hall–Kier alpha value is -0.460. The summed E-state index contributed by atoms with van der Waals surface area (Å²) in [5, 5.41) is 0. The Morgan fingerprint density at radius 2 is 2.17 bits per heavy atom. The number of pyridine rings is 1. The molecule has 0 spiro atoms. The molecule has 0 aromatic carbocycles. The van der Waals surface area contributed by atoms with Crippen LogP contribution >= 0.6 is 22.6 Å². The van der Waals surface area contributed by atoms with E-state index in [-0.39, 0.29) is 5.56 Å². The van der Waals surface area contributed by atoms with Gasteiger partial charge in [0.25, 0.3) is 6.43 Å². The van der Waals surface area contributed by atoms with E-state index >= 15 is 0 Å². The van der Waals surface area contributed by atoms with E-state index in [1.165, 1.54) is 0 Å². The summed E-state index contributed by atoms with van der Waals surface area (Å²) in [6, 6.07) is 0.933. The molecular weight excluding hydrogens is 279 g/mol. The van der Waals surface area contributed by atoms with Crippen LogP contribution in [-0.2, 0) is 0 Å². The highest BCUT2D eigenvalue weighted by molar-refractivity contribution is 14.1. The van der Waals surface area contributed by atoms with Crippen molar-refractivity contribution in [3.8, 4) is 0 Å². The van der Waals surface area contributed by atoms with Crippen molar-refractivity contribution in [3.05, 3.63) is 31.2 Å². The molecule has 2 nitrogen and oxygen atoms in total. The van der Waals surface area contributed by atoms with Crippen molar-refractivity contribution in [2.75, 3.05) is 0 Å². The van der Waals surface area contributed by atoms with Crippen LogP contribution in [0.5, 0.6) is 0 Å². The molecule has 0 radical (unpaired) electrons. The normalized spacial score (nSPS) is 10.8. The van der Waals surface area contributed by atoms with Crippen molar-refractivity contribution >= 4 is 22.6 Å². The maximum absolute atomic E-state index is 12.2. The molecule has 0 atom stereocenters. The second-order valence-corrected chi connectivity index (χ2v) is 3.41. The van der Waals surface area contributed by atoms with Gasteiger partial charge in [-0.2, -0.15) is 0 Å². The number of halogens is 3. The predicted molar refractivity (Wildman–Crippen MR) is 49.5 cm³/mol. The number of rotatable bonds is 1. The minimum atomic E-state index is -2.58. The summed E-state index contributed by atoms with van der Waals surface area (Å²) < 4.78 is 24.9. The largest absolute Gasteiger partial charge is 0.317 e. The maximum Gasteiger partial charge on any atom is 0.264 e. The molecule has 0 fully saturated rings. The molecule has 12 heavy (non-hydrogen) atoms. The summed E-state index contributed by atoms with van der Waals surface area (Å²) >= 11 is 1.82. The van der Waals surface area contributed by atoms with Crippen molar-refractivity contribution < 1.29 is 8.78 Å². The zero-order valence-corrected chi connectivity index (χ0v) is 8.35. The standard InChI is InChI=1S/C7H6F2INO/c1-3-4(6(8)9)2-5(12)11-7(3)10/h2,6H,1H3,(H,11,12). The van der Waals surface area contributed by atoms with E-state index in [4.69, 9.17) is 0 Å². The highest BCUT2D eigenvalue weighted by Crippen LogP contribution is 2.22. The maximum atomic E-state index is 12.2. The van der Waals surface area contributed by atoms with E-state index in [1.807, 2.05) is 22.6 Å². The van der Waals surface area contributed by atoms with Gasteiger partial charge in [-0.3, -0.25) is 4.79 Å². The van der Waals surface area contributed by atoms with Crippen LogP contribution in [0, 0.1) is 10.6 Å². The zero-order chi connectivity index (χ0) is 9.30. The van der Waals surface area contributed by atoms with Gasteiger partial charge in [-0.25, -0.2) is 8.78 Å². The van der Waals surface area contributed by atoms with Gasteiger partial charge in [-0.15, -0.1) is 0 Å². The lowest BCUT2D eigenvalue weighted by molar-refractivity contribution is 0.150. The molecule has 0 aliphatic carbocycles. The van der Waals surface area contributed by atoms with Crippen LogP contribution < -0.4 is 5.56 Å². The van der Waals surface area contributed by atoms with Crippen LogP contribution in [0.4, 0.5) is 8.78 Å². The summed E-state index contributed by atoms with van der Waals surface area (Å²) in [6.45, 7) is 1.55. The molecule has 0 aliphatic heterocycles. The van der Waals surface area contributed by atoms with Gasteiger partial charge >= 0.3 is 0 Å². The third-order valence-electron chi connectivity index (χ3n) is 1.52. The number of hydrogen-bond acceptors (Lipinski definition) is 1. The second kappa shape index (κ2) is 3.51. The number of nitrogens with one attached hydrogen (secondary N) is 1. The number of alkyl halides is 2. The first-order valence-electron chi connectivity index (χ1n) is 3.20. The van der Waals surface area contributed by atoms with Gasteiger partial charge in [0.15, 0.2) is 0 Å². The van der Waals surface area contributed by atoms with Gasteiger partial charge < -0.3 is 4.98 Å². The fourth-order valence-electron chi connectivity index (χ4n) is 0.841. The van der Waals surface area contributed by atoms with Gasteiger partial charge in [0.05, 0.1) is 3.70 Å². The smallest absolute Gasteiger partial charge is 0.264 e. The minimum absolute atomic E-state index is 0.192. The number of aromatic amines is 1. The average molecular weight is 285 g/mol. The summed E-state index contributed by atoms with van der Waals surface area (Å²) in [4.78, 5) is 13.2. The molecule has 1 N–H and O–H groups in total. The van der Waals surface area contributed by atoms with E-state index in [9.17, 15) is 13.6 Å². The van der Waals surface area contributed by atoms with Crippen LogP contribution in [0.25, 0.3) is 0 Å². The summed E-state index contributed by atoms with van der Waals surface area (Å²) in [5.41, 5.74) is -0.242. The van der Waals surface area contributed by atoms with Gasteiger partial charge in [-0.05, 0) is 35.1 Å². The molecule has 0 unspecified atom stereocenters. The molecule has 0 bridgehead atoms. The average Bonchev–Trinajstić information content (AvgIpc) is 1.96. The van der Waals surface area contributed by atoms with Gasteiger partial charge in [0.1, 0.15) is 0 Å². The molecule has 1 aromatic heterocycles. The molecule has 66 valence electrons. The fraction of sp³-hybridized carbons (Fsp3) is 0.286. The Kier molecular flexibility index (Phi) is 2.81.